The van der Waals surface area contributed by atoms with Crippen LogP contribution in [0.15, 0.2) is 36.9 Å². The number of amides is 1. The van der Waals surface area contributed by atoms with Crippen molar-refractivity contribution >= 4 is 11.9 Å². The molecule has 2 heterocycles. The number of hydrogen-bond acceptors (Lipinski definition) is 4. The van der Waals surface area contributed by atoms with Gasteiger partial charge in [-0.15, -0.1) is 0 Å². The first kappa shape index (κ1) is 12.7. The van der Waals surface area contributed by atoms with Crippen LogP contribution in [0.25, 0.3) is 0 Å². The van der Waals surface area contributed by atoms with Gasteiger partial charge in [-0.2, -0.15) is 0 Å². The standard InChI is InChI=1S/C12H12N4O3/c17-11(14-6-9-3-4-13-8-15-9)7-16-5-1-2-10(16)12(18)19/h1-5,8H,6-7H2,(H,14,17)(H,18,19). The van der Waals surface area contributed by atoms with E-state index in [4.69, 9.17) is 5.11 Å². The first-order valence-electron chi connectivity index (χ1n) is 5.57. The topological polar surface area (TPSA) is 97.1 Å². The quantitative estimate of drug-likeness (QED) is 0.805. The van der Waals surface area contributed by atoms with E-state index < -0.39 is 5.97 Å². The van der Waals surface area contributed by atoms with Gasteiger partial charge in [0.2, 0.25) is 5.91 Å². The van der Waals surface area contributed by atoms with Crippen molar-refractivity contribution < 1.29 is 14.7 Å². The Kier molecular flexibility index (Phi) is 3.87. The van der Waals surface area contributed by atoms with Crippen LogP contribution < -0.4 is 5.32 Å². The Morgan fingerprint density at radius 2 is 2.21 bits per heavy atom. The van der Waals surface area contributed by atoms with E-state index in [1.54, 1.807) is 24.5 Å². The van der Waals surface area contributed by atoms with E-state index in [1.165, 1.54) is 17.0 Å². The lowest BCUT2D eigenvalue weighted by Gasteiger charge is -2.07. The van der Waals surface area contributed by atoms with Gasteiger partial charge in [0.25, 0.3) is 0 Å². The lowest BCUT2D eigenvalue weighted by molar-refractivity contribution is -0.121. The van der Waals surface area contributed by atoms with Crippen LogP contribution in [0.4, 0.5) is 0 Å². The molecule has 0 radical (unpaired) electrons. The maximum absolute atomic E-state index is 11.7. The number of carboxylic acid groups (broad SMARTS) is 1. The molecule has 0 aliphatic heterocycles. The molecule has 0 spiro atoms. The highest BCUT2D eigenvalue weighted by molar-refractivity contribution is 5.86. The third kappa shape index (κ3) is 3.38. The van der Waals surface area contributed by atoms with Crippen LogP contribution in [0.1, 0.15) is 16.2 Å². The van der Waals surface area contributed by atoms with E-state index in [0.717, 1.165) is 0 Å². The summed E-state index contributed by atoms with van der Waals surface area (Å²) in [5.74, 6) is -1.34. The van der Waals surface area contributed by atoms with Crippen molar-refractivity contribution in [3.8, 4) is 0 Å². The van der Waals surface area contributed by atoms with Gasteiger partial charge in [-0.1, -0.05) is 0 Å². The van der Waals surface area contributed by atoms with Crippen LogP contribution in [0.5, 0.6) is 0 Å². The molecule has 0 atom stereocenters. The number of rotatable bonds is 5. The van der Waals surface area contributed by atoms with Crippen molar-refractivity contribution in [2.75, 3.05) is 0 Å². The molecule has 2 rings (SSSR count). The maximum Gasteiger partial charge on any atom is 0.352 e. The van der Waals surface area contributed by atoms with E-state index in [-0.39, 0.29) is 24.7 Å². The first-order valence-corrected chi connectivity index (χ1v) is 5.57. The Morgan fingerprint density at radius 1 is 1.37 bits per heavy atom. The number of nitrogens with zero attached hydrogens (tertiary/aromatic N) is 3. The monoisotopic (exact) mass is 260 g/mol. The molecule has 7 heteroatoms. The molecule has 2 aromatic rings. The van der Waals surface area contributed by atoms with E-state index >= 15 is 0 Å². The molecule has 0 aliphatic carbocycles. The van der Waals surface area contributed by atoms with Gasteiger partial charge in [-0.3, -0.25) is 4.79 Å². The average Bonchev–Trinajstić information content (AvgIpc) is 2.86. The van der Waals surface area contributed by atoms with E-state index in [9.17, 15) is 9.59 Å². The van der Waals surface area contributed by atoms with Gasteiger partial charge in [0, 0.05) is 12.4 Å². The van der Waals surface area contributed by atoms with Crippen LogP contribution >= 0.6 is 0 Å². The van der Waals surface area contributed by atoms with Gasteiger partial charge in [-0.25, -0.2) is 14.8 Å². The number of hydrogen-bond donors (Lipinski definition) is 2. The second kappa shape index (κ2) is 5.76. The Bertz CT molecular complexity index is 580. The van der Waals surface area contributed by atoms with Crippen molar-refractivity contribution in [2.24, 2.45) is 0 Å². The van der Waals surface area contributed by atoms with Gasteiger partial charge in [0.05, 0.1) is 12.2 Å². The number of carbonyl (C=O) groups excluding carboxylic acids is 1. The minimum atomic E-state index is -1.06. The van der Waals surface area contributed by atoms with Crippen LogP contribution in [0, 0.1) is 0 Å². The van der Waals surface area contributed by atoms with E-state index in [2.05, 4.69) is 15.3 Å². The third-order valence-corrected chi connectivity index (χ3v) is 2.47. The molecule has 0 bridgehead atoms. The minimum Gasteiger partial charge on any atom is -0.477 e. The average molecular weight is 260 g/mol. The Hall–Kier alpha value is -2.70. The second-order valence-electron chi connectivity index (χ2n) is 3.80. The minimum absolute atomic E-state index is 0.0419. The predicted molar refractivity (Wildman–Crippen MR) is 65.3 cm³/mol. The molecule has 7 nitrogen and oxygen atoms in total. The van der Waals surface area contributed by atoms with Gasteiger partial charge in [0.15, 0.2) is 0 Å². The van der Waals surface area contributed by atoms with Crippen molar-refractivity contribution in [1.82, 2.24) is 19.9 Å². The highest BCUT2D eigenvalue weighted by Gasteiger charge is 2.11. The highest BCUT2D eigenvalue weighted by Crippen LogP contribution is 2.02. The molecule has 98 valence electrons. The molecule has 0 unspecified atom stereocenters. The molecule has 0 aromatic carbocycles. The number of carboxylic acids is 1. The zero-order valence-corrected chi connectivity index (χ0v) is 9.98. The zero-order valence-electron chi connectivity index (χ0n) is 9.98. The summed E-state index contributed by atoms with van der Waals surface area (Å²) in [5, 5.41) is 11.6. The van der Waals surface area contributed by atoms with Gasteiger partial charge >= 0.3 is 5.97 Å². The summed E-state index contributed by atoms with van der Waals surface area (Å²) in [4.78, 5) is 30.3. The molecular weight excluding hydrogens is 248 g/mol. The Morgan fingerprint density at radius 3 is 2.89 bits per heavy atom. The summed E-state index contributed by atoms with van der Waals surface area (Å²) in [6.45, 7) is 0.241. The Labute approximate surface area is 108 Å². The van der Waals surface area contributed by atoms with Crippen LogP contribution in [-0.4, -0.2) is 31.5 Å². The summed E-state index contributed by atoms with van der Waals surface area (Å²) in [5.41, 5.74) is 0.770. The SMILES string of the molecule is O=C(Cn1cccc1C(=O)O)NCc1ccncn1. The predicted octanol–water partition coefficient (Wildman–Crippen LogP) is 0.293. The van der Waals surface area contributed by atoms with E-state index in [0.29, 0.717) is 5.69 Å². The van der Waals surface area contributed by atoms with Crippen LogP contribution in [-0.2, 0) is 17.9 Å². The fraction of sp³-hybridized carbons (Fsp3) is 0.167. The second-order valence-corrected chi connectivity index (χ2v) is 3.80. The lowest BCUT2D eigenvalue weighted by Crippen LogP contribution is -2.28. The molecule has 0 aliphatic rings. The van der Waals surface area contributed by atoms with E-state index in [1.807, 2.05) is 0 Å². The van der Waals surface area contributed by atoms with Crippen molar-refractivity contribution in [3.05, 3.63) is 48.3 Å². The summed E-state index contributed by atoms with van der Waals surface area (Å²) in [7, 11) is 0. The van der Waals surface area contributed by atoms with Crippen LogP contribution in [0.2, 0.25) is 0 Å². The van der Waals surface area contributed by atoms with Gasteiger partial charge in [0.1, 0.15) is 18.6 Å². The lowest BCUT2D eigenvalue weighted by atomic mass is 10.4. The van der Waals surface area contributed by atoms with Crippen molar-refractivity contribution in [2.45, 2.75) is 13.1 Å². The molecular formula is C12H12N4O3. The molecule has 0 saturated heterocycles. The van der Waals surface area contributed by atoms with Gasteiger partial charge < -0.3 is 15.0 Å². The van der Waals surface area contributed by atoms with Crippen LogP contribution in [0.3, 0.4) is 0 Å². The van der Waals surface area contributed by atoms with Crippen molar-refractivity contribution in [3.63, 3.8) is 0 Å². The Balaban J connectivity index is 1.91. The third-order valence-electron chi connectivity index (χ3n) is 2.47. The summed E-state index contributed by atoms with van der Waals surface area (Å²) >= 11 is 0. The largest absolute Gasteiger partial charge is 0.477 e. The smallest absolute Gasteiger partial charge is 0.352 e. The number of aromatic nitrogens is 3. The van der Waals surface area contributed by atoms with Crippen molar-refractivity contribution in [1.29, 1.82) is 0 Å². The maximum atomic E-state index is 11.7. The number of aromatic carboxylic acids is 1. The number of carbonyl (C=O) groups is 2. The summed E-state index contributed by atoms with van der Waals surface area (Å²) in [6.07, 6.45) is 4.53. The zero-order chi connectivity index (χ0) is 13.7. The fourth-order valence-corrected chi connectivity index (χ4v) is 1.57. The molecule has 2 N–H and O–H groups in total. The molecule has 19 heavy (non-hydrogen) atoms. The number of nitrogens with one attached hydrogen (secondary N) is 1. The summed E-state index contributed by atoms with van der Waals surface area (Å²) in [6, 6.07) is 4.72. The fourth-order valence-electron chi connectivity index (χ4n) is 1.57. The molecule has 2 aromatic heterocycles. The molecule has 0 fully saturated rings. The summed E-state index contributed by atoms with van der Waals surface area (Å²) < 4.78 is 1.37. The molecule has 0 saturated carbocycles. The first-order chi connectivity index (χ1) is 9.16. The normalized spacial score (nSPS) is 10.1. The van der Waals surface area contributed by atoms with Gasteiger partial charge in [-0.05, 0) is 18.2 Å². The highest BCUT2D eigenvalue weighted by atomic mass is 16.4. The molecule has 1 amide bonds.